The molecule has 4 N–H and O–H groups in total. The number of hydrogen-bond donors (Lipinski definition) is 4. The second kappa shape index (κ2) is 13.3. The van der Waals surface area contributed by atoms with E-state index in [0.29, 0.717) is 42.4 Å². The number of carbonyl (C=O) groups is 2. The SMILES string of the molecule is C/C(=C\c1ccccc1O)CC[C@@H](O)C1=C(CO)C[C@H]2C(=O)N(C3CCN(Cc4ccccc4)CC3)C(=O)[C@H]2[C@H]1CO. The second-order valence-electron chi connectivity index (χ2n) is 12.0. The fraction of sp³-hybridized carbons (Fsp3) is 0.471. The number of rotatable bonds is 10. The zero-order valence-electron chi connectivity index (χ0n) is 24.2. The van der Waals surface area contributed by atoms with E-state index in [1.165, 1.54) is 10.5 Å². The number of nitrogens with zero attached hydrogens (tertiary/aromatic N) is 2. The van der Waals surface area contributed by atoms with Crippen molar-refractivity contribution in [3.63, 3.8) is 0 Å². The number of para-hydroxylation sites is 1. The third-order valence-corrected chi connectivity index (χ3v) is 9.29. The number of fused-ring (bicyclic) bond motifs is 1. The molecule has 2 aliphatic heterocycles. The summed E-state index contributed by atoms with van der Waals surface area (Å²) in [4.78, 5) is 31.3. The molecule has 2 amide bonds. The Balaban J connectivity index is 1.27. The topological polar surface area (TPSA) is 122 Å². The maximum atomic E-state index is 13.8. The van der Waals surface area contributed by atoms with Gasteiger partial charge in [0, 0.05) is 37.2 Å². The molecule has 224 valence electrons. The molecule has 8 nitrogen and oxygen atoms in total. The number of carbonyl (C=O) groups excluding carboxylic acids is 2. The van der Waals surface area contributed by atoms with Crippen molar-refractivity contribution in [3.05, 3.63) is 82.4 Å². The molecule has 0 bridgehead atoms. The monoisotopic (exact) mass is 574 g/mol. The Morgan fingerprint density at radius 3 is 2.36 bits per heavy atom. The normalized spacial score (nSPS) is 24.8. The van der Waals surface area contributed by atoms with Crippen LogP contribution in [-0.2, 0) is 16.1 Å². The zero-order chi connectivity index (χ0) is 29.8. The molecule has 2 saturated heterocycles. The molecule has 2 aromatic carbocycles. The molecule has 0 spiro atoms. The van der Waals surface area contributed by atoms with Crippen molar-refractivity contribution in [1.82, 2.24) is 9.80 Å². The van der Waals surface area contributed by atoms with E-state index in [9.17, 15) is 30.0 Å². The first-order valence-corrected chi connectivity index (χ1v) is 15.0. The maximum absolute atomic E-state index is 13.8. The van der Waals surface area contributed by atoms with Gasteiger partial charge in [0.2, 0.25) is 11.8 Å². The lowest BCUT2D eigenvalue weighted by Crippen LogP contribution is -2.47. The van der Waals surface area contributed by atoms with Gasteiger partial charge in [-0.25, -0.2) is 0 Å². The number of aromatic hydroxyl groups is 1. The number of phenolic OH excluding ortho intramolecular Hbond substituents is 1. The molecular weight excluding hydrogens is 532 g/mol. The minimum absolute atomic E-state index is 0.178. The van der Waals surface area contributed by atoms with Gasteiger partial charge >= 0.3 is 0 Å². The lowest BCUT2D eigenvalue weighted by atomic mass is 9.68. The van der Waals surface area contributed by atoms with Gasteiger partial charge in [-0.15, -0.1) is 0 Å². The summed E-state index contributed by atoms with van der Waals surface area (Å²) in [6, 6.07) is 17.1. The summed E-state index contributed by atoms with van der Waals surface area (Å²) in [6.07, 6.45) is 3.35. The average Bonchev–Trinajstić information content (AvgIpc) is 3.25. The van der Waals surface area contributed by atoms with Crippen LogP contribution in [0.25, 0.3) is 6.08 Å². The standard InChI is InChI=1S/C34H42N2O6/c1-22(17-24-9-5-6-10-29(24)39)11-12-30(40)31-25(20-37)18-27-32(28(31)21-38)34(42)36(33(27)41)26-13-15-35(16-14-26)19-23-7-3-2-4-8-23/h2-10,17,26-28,30,32,37-40H,11-16,18-21H2,1H3/b22-17+/t27-,28+,30-,32-/m1/s1. The number of amides is 2. The molecule has 0 radical (unpaired) electrons. The van der Waals surface area contributed by atoms with E-state index < -0.39 is 23.9 Å². The van der Waals surface area contributed by atoms with E-state index in [1.807, 2.05) is 43.3 Å². The molecule has 42 heavy (non-hydrogen) atoms. The van der Waals surface area contributed by atoms with Crippen LogP contribution >= 0.6 is 0 Å². The van der Waals surface area contributed by atoms with Gasteiger partial charge < -0.3 is 20.4 Å². The van der Waals surface area contributed by atoms with Crippen LogP contribution in [0.2, 0.25) is 0 Å². The molecule has 0 saturated carbocycles. The van der Waals surface area contributed by atoms with E-state index in [-0.39, 0.29) is 43.2 Å². The fourth-order valence-corrected chi connectivity index (χ4v) is 7.13. The van der Waals surface area contributed by atoms with Crippen LogP contribution in [0.5, 0.6) is 5.75 Å². The smallest absolute Gasteiger partial charge is 0.234 e. The highest BCUT2D eigenvalue weighted by Crippen LogP contribution is 2.47. The summed E-state index contributed by atoms with van der Waals surface area (Å²) in [5.74, 6) is -2.38. The highest BCUT2D eigenvalue weighted by Gasteiger charge is 2.56. The summed E-state index contributed by atoms with van der Waals surface area (Å²) in [6.45, 7) is 3.60. The molecule has 1 aliphatic carbocycles. The van der Waals surface area contributed by atoms with E-state index in [2.05, 4.69) is 17.0 Å². The van der Waals surface area contributed by atoms with Crippen molar-refractivity contribution in [2.45, 2.75) is 57.7 Å². The zero-order valence-corrected chi connectivity index (χ0v) is 24.2. The second-order valence-corrected chi connectivity index (χ2v) is 12.0. The third kappa shape index (κ3) is 6.22. The Kier molecular flexibility index (Phi) is 9.58. The van der Waals surface area contributed by atoms with Gasteiger partial charge in [0.1, 0.15) is 5.75 Å². The molecule has 2 heterocycles. The Hall–Kier alpha value is -3.30. The van der Waals surface area contributed by atoms with Crippen molar-refractivity contribution in [2.75, 3.05) is 26.3 Å². The van der Waals surface area contributed by atoms with Crippen LogP contribution in [0.3, 0.4) is 0 Å². The molecule has 2 aromatic rings. The number of aliphatic hydroxyl groups excluding tert-OH is 3. The van der Waals surface area contributed by atoms with Crippen molar-refractivity contribution in [3.8, 4) is 5.75 Å². The minimum Gasteiger partial charge on any atom is -0.507 e. The third-order valence-electron chi connectivity index (χ3n) is 9.29. The Bertz CT molecular complexity index is 1330. The van der Waals surface area contributed by atoms with Gasteiger partial charge in [-0.05, 0) is 61.8 Å². The van der Waals surface area contributed by atoms with Crippen LogP contribution in [-0.4, -0.2) is 80.5 Å². The van der Waals surface area contributed by atoms with Crippen molar-refractivity contribution in [1.29, 1.82) is 0 Å². The number of imide groups is 1. The first kappa shape index (κ1) is 30.2. The largest absolute Gasteiger partial charge is 0.507 e. The van der Waals surface area contributed by atoms with Crippen LogP contribution in [0.1, 0.15) is 50.2 Å². The van der Waals surface area contributed by atoms with Gasteiger partial charge in [0.25, 0.3) is 0 Å². The van der Waals surface area contributed by atoms with Gasteiger partial charge in [-0.1, -0.05) is 60.2 Å². The lowest BCUT2D eigenvalue weighted by Gasteiger charge is -2.36. The van der Waals surface area contributed by atoms with Gasteiger partial charge in [0.15, 0.2) is 0 Å². The van der Waals surface area contributed by atoms with E-state index in [0.717, 1.165) is 25.2 Å². The summed E-state index contributed by atoms with van der Waals surface area (Å²) >= 11 is 0. The fourth-order valence-electron chi connectivity index (χ4n) is 7.13. The van der Waals surface area contributed by atoms with E-state index in [4.69, 9.17) is 0 Å². The summed E-state index contributed by atoms with van der Waals surface area (Å²) in [5, 5.41) is 42.1. The molecule has 8 heteroatoms. The number of allylic oxidation sites excluding steroid dienone is 1. The van der Waals surface area contributed by atoms with Gasteiger partial charge in [-0.2, -0.15) is 0 Å². The predicted octanol–water partition coefficient (Wildman–Crippen LogP) is 3.50. The van der Waals surface area contributed by atoms with E-state index in [1.54, 1.807) is 12.1 Å². The summed E-state index contributed by atoms with van der Waals surface area (Å²) < 4.78 is 0. The number of hydrogen-bond acceptors (Lipinski definition) is 7. The Morgan fingerprint density at radius 2 is 1.69 bits per heavy atom. The Morgan fingerprint density at radius 1 is 1.00 bits per heavy atom. The number of benzene rings is 2. The first-order chi connectivity index (χ1) is 20.3. The predicted molar refractivity (Wildman–Crippen MR) is 160 cm³/mol. The van der Waals surface area contributed by atoms with E-state index >= 15 is 0 Å². The number of aliphatic hydroxyl groups is 3. The number of phenols is 1. The van der Waals surface area contributed by atoms with Gasteiger partial charge in [-0.3, -0.25) is 19.4 Å². The van der Waals surface area contributed by atoms with Crippen molar-refractivity contribution >= 4 is 17.9 Å². The minimum atomic E-state index is -0.976. The van der Waals surface area contributed by atoms with Crippen LogP contribution < -0.4 is 0 Å². The summed E-state index contributed by atoms with van der Waals surface area (Å²) in [7, 11) is 0. The molecule has 2 fully saturated rings. The first-order valence-electron chi connectivity index (χ1n) is 15.0. The molecule has 4 atom stereocenters. The number of likely N-dealkylation sites (tertiary alicyclic amines) is 2. The van der Waals surface area contributed by atoms with Crippen LogP contribution in [0.15, 0.2) is 71.3 Å². The quantitative estimate of drug-likeness (QED) is 0.253. The molecule has 5 rings (SSSR count). The maximum Gasteiger partial charge on any atom is 0.234 e. The highest BCUT2D eigenvalue weighted by atomic mass is 16.3. The summed E-state index contributed by atoms with van der Waals surface area (Å²) in [5.41, 5.74) is 3.92. The van der Waals surface area contributed by atoms with Crippen LogP contribution in [0, 0.1) is 17.8 Å². The highest BCUT2D eigenvalue weighted by molar-refractivity contribution is 6.06. The Labute approximate surface area is 247 Å². The van der Waals surface area contributed by atoms with Gasteiger partial charge in [0.05, 0.1) is 31.2 Å². The molecular formula is C34H42N2O6. The average molecular weight is 575 g/mol. The van der Waals surface area contributed by atoms with Crippen LogP contribution in [0.4, 0.5) is 0 Å². The lowest BCUT2D eigenvalue weighted by molar-refractivity contribution is -0.144. The van der Waals surface area contributed by atoms with Crippen molar-refractivity contribution < 1.29 is 30.0 Å². The number of piperidine rings is 1. The van der Waals surface area contributed by atoms with Crippen molar-refractivity contribution in [2.24, 2.45) is 17.8 Å². The molecule has 3 aliphatic rings. The molecule has 0 aromatic heterocycles. The molecule has 0 unspecified atom stereocenters.